The largest absolute Gasteiger partial charge is 0.303 e. The summed E-state index contributed by atoms with van der Waals surface area (Å²) < 4.78 is 0. The predicted octanol–water partition coefficient (Wildman–Crippen LogP) is 2.81. The molecule has 0 aromatic rings. The van der Waals surface area contributed by atoms with E-state index < -0.39 is 0 Å². The lowest BCUT2D eigenvalue weighted by molar-refractivity contribution is 0.280. The molecule has 0 saturated carbocycles. The second-order valence-corrected chi connectivity index (χ2v) is 4.19. The maximum atomic E-state index is 8.13. The Bertz CT molecular complexity index is 198. The molecule has 80 valence electrons. The monoisotopic (exact) mass is 196 g/mol. The van der Waals surface area contributed by atoms with Crippen LogP contribution >= 0.6 is 0 Å². The van der Waals surface area contributed by atoms with Gasteiger partial charge in [-0.2, -0.15) is 0 Å². The van der Waals surface area contributed by atoms with Crippen molar-refractivity contribution in [3.8, 4) is 0 Å². The number of likely N-dealkylation sites (tertiary alicyclic amines) is 1. The molecule has 4 nitrogen and oxygen atoms in total. The van der Waals surface area contributed by atoms with Gasteiger partial charge in [0.1, 0.15) is 0 Å². The third-order valence-corrected chi connectivity index (χ3v) is 2.91. The Kier molecular flexibility index (Phi) is 5.42. The summed E-state index contributed by atoms with van der Waals surface area (Å²) >= 11 is 0. The van der Waals surface area contributed by atoms with Crippen LogP contribution in [0.25, 0.3) is 10.4 Å². The summed E-state index contributed by atoms with van der Waals surface area (Å²) in [6.07, 6.45) is 5.01. The molecule has 1 aliphatic rings. The van der Waals surface area contributed by atoms with Gasteiger partial charge in [-0.05, 0) is 56.8 Å². The summed E-state index contributed by atoms with van der Waals surface area (Å²) in [5, 5.41) is 3.55. The fraction of sp³-hybridized carbons (Fsp3) is 1.00. The first-order chi connectivity index (χ1) is 6.83. The summed E-state index contributed by atoms with van der Waals surface area (Å²) in [7, 11) is 0. The Hall–Kier alpha value is -0.730. The van der Waals surface area contributed by atoms with E-state index in [2.05, 4.69) is 21.8 Å². The highest BCUT2D eigenvalue weighted by Crippen LogP contribution is 2.16. The highest BCUT2D eigenvalue weighted by Gasteiger charge is 2.12. The van der Waals surface area contributed by atoms with E-state index in [1.54, 1.807) is 0 Å². The summed E-state index contributed by atoms with van der Waals surface area (Å²) in [5.41, 5.74) is 8.13. The van der Waals surface area contributed by atoms with E-state index >= 15 is 0 Å². The van der Waals surface area contributed by atoms with Gasteiger partial charge >= 0.3 is 0 Å². The highest BCUT2D eigenvalue weighted by molar-refractivity contribution is 4.67. The van der Waals surface area contributed by atoms with Gasteiger partial charge in [0, 0.05) is 11.5 Å². The number of nitrogens with zero attached hydrogens (tertiary/aromatic N) is 4. The molecule has 0 radical (unpaired) electrons. The molecular weight excluding hydrogens is 176 g/mol. The SMILES string of the molecule is CC1CCCN(CCCN=[N+]=[N-])CC1. The minimum Gasteiger partial charge on any atom is -0.303 e. The lowest BCUT2D eigenvalue weighted by Crippen LogP contribution is -2.26. The minimum absolute atomic E-state index is 0.641. The molecular formula is C10H20N4. The van der Waals surface area contributed by atoms with Gasteiger partial charge in [0.05, 0.1) is 0 Å². The van der Waals surface area contributed by atoms with Crippen molar-refractivity contribution in [2.45, 2.75) is 32.6 Å². The maximum Gasteiger partial charge on any atom is 0.0270 e. The summed E-state index contributed by atoms with van der Waals surface area (Å²) in [6, 6.07) is 0. The molecule has 1 heterocycles. The fourth-order valence-corrected chi connectivity index (χ4v) is 1.96. The molecule has 1 saturated heterocycles. The standard InChI is InChI=1S/C10H20N4/c1-10-4-2-7-14(9-5-10)8-3-6-12-13-11/h10H,2-9H2,1H3. The van der Waals surface area contributed by atoms with E-state index in [0.717, 1.165) is 18.9 Å². The number of hydrogen-bond acceptors (Lipinski definition) is 2. The van der Waals surface area contributed by atoms with Crippen LogP contribution in [0.1, 0.15) is 32.6 Å². The fourth-order valence-electron chi connectivity index (χ4n) is 1.96. The number of azide groups is 1. The van der Waals surface area contributed by atoms with Crippen molar-refractivity contribution in [1.82, 2.24) is 4.90 Å². The van der Waals surface area contributed by atoms with Crippen LogP contribution in [-0.4, -0.2) is 31.1 Å². The second kappa shape index (κ2) is 6.68. The van der Waals surface area contributed by atoms with Gasteiger partial charge in [-0.15, -0.1) is 0 Å². The molecule has 0 aliphatic carbocycles. The second-order valence-electron chi connectivity index (χ2n) is 4.19. The van der Waals surface area contributed by atoms with E-state index in [9.17, 15) is 0 Å². The van der Waals surface area contributed by atoms with E-state index in [-0.39, 0.29) is 0 Å². The third-order valence-electron chi connectivity index (χ3n) is 2.91. The smallest absolute Gasteiger partial charge is 0.0270 e. The van der Waals surface area contributed by atoms with Crippen LogP contribution in [0.2, 0.25) is 0 Å². The molecule has 1 rings (SSSR count). The molecule has 0 spiro atoms. The van der Waals surface area contributed by atoms with E-state index in [0.29, 0.717) is 6.54 Å². The first kappa shape index (κ1) is 11.3. The van der Waals surface area contributed by atoms with Gasteiger partial charge in [0.15, 0.2) is 0 Å². The lowest BCUT2D eigenvalue weighted by Gasteiger charge is -2.18. The van der Waals surface area contributed by atoms with Crippen molar-refractivity contribution >= 4 is 0 Å². The number of hydrogen-bond donors (Lipinski definition) is 0. The van der Waals surface area contributed by atoms with Gasteiger partial charge in [-0.3, -0.25) is 0 Å². The minimum atomic E-state index is 0.641. The van der Waals surface area contributed by atoms with Gasteiger partial charge in [-0.25, -0.2) is 0 Å². The van der Waals surface area contributed by atoms with Crippen LogP contribution in [-0.2, 0) is 0 Å². The molecule has 0 N–H and O–H groups in total. The summed E-state index contributed by atoms with van der Waals surface area (Å²) in [6.45, 7) is 6.51. The summed E-state index contributed by atoms with van der Waals surface area (Å²) in [4.78, 5) is 5.25. The van der Waals surface area contributed by atoms with Crippen molar-refractivity contribution in [1.29, 1.82) is 0 Å². The van der Waals surface area contributed by atoms with Crippen LogP contribution in [0.5, 0.6) is 0 Å². The highest BCUT2D eigenvalue weighted by atomic mass is 15.1. The quantitative estimate of drug-likeness (QED) is 0.295. The van der Waals surface area contributed by atoms with Gasteiger partial charge in [0.2, 0.25) is 0 Å². The van der Waals surface area contributed by atoms with Crippen LogP contribution in [0.15, 0.2) is 5.11 Å². The zero-order valence-corrected chi connectivity index (χ0v) is 9.02. The predicted molar refractivity (Wildman–Crippen MR) is 58.1 cm³/mol. The lowest BCUT2D eigenvalue weighted by atomic mass is 10.0. The van der Waals surface area contributed by atoms with Crippen molar-refractivity contribution in [3.63, 3.8) is 0 Å². The topological polar surface area (TPSA) is 52.0 Å². The average molecular weight is 196 g/mol. The zero-order chi connectivity index (χ0) is 10.2. The summed E-state index contributed by atoms with van der Waals surface area (Å²) in [5.74, 6) is 0.886. The Morgan fingerprint density at radius 1 is 1.43 bits per heavy atom. The van der Waals surface area contributed by atoms with Gasteiger partial charge in [-0.1, -0.05) is 12.0 Å². The molecule has 0 bridgehead atoms. The molecule has 0 aromatic carbocycles. The molecule has 0 amide bonds. The Morgan fingerprint density at radius 2 is 2.29 bits per heavy atom. The molecule has 14 heavy (non-hydrogen) atoms. The van der Waals surface area contributed by atoms with E-state index in [1.165, 1.54) is 32.4 Å². The normalized spacial score (nSPS) is 23.9. The Morgan fingerprint density at radius 3 is 3.07 bits per heavy atom. The molecule has 1 atom stereocenters. The molecule has 1 fully saturated rings. The van der Waals surface area contributed by atoms with Crippen molar-refractivity contribution in [2.24, 2.45) is 11.0 Å². The van der Waals surface area contributed by atoms with Crippen LogP contribution < -0.4 is 0 Å². The van der Waals surface area contributed by atoms with Crippen LogP contribution in [0.4, 0.5) is 0 Å². The first-order valence-electron chi connectivity index (χ1n) is 5.56. The van der Waals surface area contributed by atoms with E-state index in [4.69, 9.17) is 5.53 Å². The number of rotatable bonds is 4. The van der Waals surface area contributed by atoms with Gasteiger partial charge in [0.25, 0.3) is 0 Å². The van der Waals surface area contributed by atoms with Crippen molar-refractivity contribution in [2.75, 3.05) is 26.2 Å². The Labute approximate surface area is 85.9 Å². The molecule has 1 unspecified atom stereocenters. The Balaban J connectivity index is 2.13. The van der Waals surface area contributed by atoms with Crippen LogP contribution in [0, 0.1) is 5.92 Å². The molecule has 0 aromatic heterocycles. The molecule has 4 heteroatoms. The first-order valence-corrected chi connectivity index (χ1v) is 5.56. The van der Waals surface area contributed by atoms with Gasteiger partial charge < -0.3 is 4.90 Å². The average Bonchev–Trinajstić information content (AvgIpc) is 2.38. The van der Waals surface area contributed by atoms with Crippen molar-refractivity contribution in [3.05, 3.63) is 10.4 Å². The van der Waals surface area contributed by atoms with Crippen LogP contribution in [0.3, 0.4) is 0 Å². The third kappa shape index (κ3) is 4.49. The maximum absolute atomic E-state index is 8.13. The zero-order valence-electron chi connectivity index (χ0n) is 9.02. The molecule has 1 aliphatic heterocycles. The van der Waals surface area contributed by atoms with Crippen molar-refractivity contribution < 1.29 is 0 Å². The van der Waals surface area contributed by atoms with E-state index in [1.807, 2.05) is 0 Å².